The van der Waals surface area contributed by atoms with Gasteiger partial charge in [0.25, 0.3) is 11.8 Å². The molecule has 2 aromatic heterocycles. The average molecular weight is 317 g/mol. The number of carbonyl (C=O) groups excluding carboxylic acids is 2. The number of nitrogens with one attached hydrogen (secondary N) is 2. The second-order valence-electron chi connectivity index (χ2n) is 5.88. The zero-order valence-electron chi connectivity index (χ0n) is 13.3. The Hall–Kier alpha value is -2.64. The van der Waals surface area contributed by atoms with Gasteiger partial charge in [0.1, 0.15) is 5.76 Å². The van der Waals surface area contributed by atoms with Crippen LogP contribution in [0.1, 0.15) is 45.6 Å². The first kappa shape index (κ1) is 15.3. The number of nitrogens with zero attached hydrogens (tertiary/aromatic N) is 3. The Morgan fingerprint density at radius 2 is 2.13 bits per heavy atom. The van der Waals surface area contributed by atoms with Gasteiger partial charge in [0, 0.05) is 32.3 Å². The SMILES string of the molecule is CNC(=O)c1nn(C)cc1NC(=O)c1noc2c1C[C@@H](C)CC2. The molecule has 0 aliphatic heterocycles. The number of amides is 2. The lowest BCUT2D eigenvalue weighted by Gasteiger charge is -2.16. The maximum absolute atomic E-state index is 12.5. The van der Waals surface area contributed by atoms with Crippen LogP contribution in [0.25, 0.3) is 0 Å². The van der Waals surface area contributed by atoms with Crippen LogP contribution in [0.5, 0.6) is 0 Å². The first-order valence-electron chi connectivity index (χ1n) is 7.54. The molecule has 0 aromatic carbocycles. The second-order valence-corrected chi connectivity index (χ2v) is 5.88. The minimum absolute atomic E-state index is 0.161. The van der Waals surface area contributed by atoms with E-state index in [-0.39, 0.29) is 17.5 Å². The molecule has 8 heteroatoms. The second kappa shape index (κ2) is 5.86. The maximum Gasteiger partial charge on any atom is 0.278 e. The van der Waals surface area contributed by atoms with Crippen LogP contribution in [0.4, 0.5) is 5.69 Å². The zero-order valence-corrected chi connectivity index (χ0v) is 13.3. The van der Waals surface area contributed by atoms with Gasteiger partial charge in [-0.25, -0.2) is 0 Å². The lowest BCUT2D eigenvalue weighted by molar-refractivity contribution is 0.0958. The molecule has 0 bridgehead atoms. The fourth-order valence-electron chi connectivity index (χ4n) is 2.80. The molecule has 0 radical (unpaired) electrons. The summed E-state index contributed by atoms with van der Waals surface area (Å²) in [5.41, 5.74) is 1.66. The lowest BCUT2D eigenvalue weighted by atomic mass is 9.88. The monoisotopic (exact) mass is 317 g/mol. The Kier molecular flexibility index (Phi) is 3.89. The number of aromatic nitrogens is 3. The van der Waals surface area contributed by atoms with E-state index in [1.54, 1.807) is 13.2 Å². The highest BCUT2D eigenvalue weighted by molar-refractivity contribution is 6.08. The zero-order chi connectivity index (χ0) is 16.6. The van der Waals surface area contributed by atoms with Gasteiger partial charge < -0.3 is 15.2 Å². The van der Waals surface area contributed by atoms with E-state index in [2.05, 4.69) is 27.8 Å². The number of carbonyl (C=O) groups is 2. The molecule has 2 heterocycles. The third-order valence-electron chi connectivity index (χ3n) is 4.02. The molecule has 23 heavy (non-hydrogen) atoms. The number of rotatable bonds is 3. The van der Waals surface area contributed by atoms with Gasteiger partial charge >= 0.3 is 0 Å². The fourth-order valence-corrected chi connectivity index (χ4v) is 2.80. The summed E-state index contributed by atoms with van der Waals surface area (Å²) < 4.78 is 6.76. The Bertz CT molecular complexity index is 761. The summed E-state index contributed by atoms with van der Waals surface area (Å²) in [7, 11) is 3.19. The van der Waals surface area contributed by atoms with Crippen molar-refractivity contribution in [3.05, 3.63) is 28.9 Å². The molecule has 2 N–H and O–H groups in total. The Labute approximate surface area is 133 Å². The molecule has 3 rings (SSSR count). The predicted molar refractivity (Wildman–Crippen MR) is 82.2 cm³/mol. The average Bonchev–Trinajstić information content (AvgIpc) is 3.09. The van der Waals surface area contributed by atoms with Gasteiger partial charge in [-0.3, -0.25) is 14.3 Å². The Balaban J connectivity index is 1.86. The van der Waals surface area contributed by atoms with Gasteiger partial charge in [-0.15, -0.1) is 0 Å². The van der Waals surface area contributed by atoms with Crippen molar-refractivity contribution in [2.75, 3.05) is 12.4 Å². The van der Waals surface area contributed by atoms with E-state index in [9.17, 15) is 9.59 Å². The number of hydrogen-bond donors (Lipinski definition) is 2. The summed E-state index contributed by atoms with van der Waals surface area (Å²) in [6.45, 7) is 2.14. The molecule has 122 valence electrons. The fraction of sp³-hybridized carbons (Fsp3) is 0.467. The number of hydrogen-bond acceptors (Lipinski definition) is 5. The molecule has 0 saturated carbocycles. The first-order valence-corrected chi connectivity index (χ1v) is 7.54. The van der Waals surface area contributed by atoms with E-state index >= 15 is 0 Å². The summed E-state index contributed by atoms with van der Waals surface area (Å²) in [4.78, 5) is 24.3. The smallest absolute Gasteiger partial charge is 0.278 e. The molecule has 1 aliphatic carbocycles. The van der Waals surface area contributed by atoms with Crippen molar-refractivity contribution in [3.8, 4) is 0 Å². The normalized spacial score (nSPS) is 16.7. The van der Waals surface area contributed by atoms with Crippen molar-refractivity contribution < 1.29 is 14.1 Å². The number of fused-ring (bicyclic) bond motifs is 1. The van der Waals surface area contributed by atoms with Crippen molar-refractivity contribution >= 4 is 17.5 Å². The summed E-state index contributed by atoms with van der Waals surface area (Å²) >= 11 is 0. The first-order chi connectivity index (χ1) is 11.0. The summed E-state index contributed by atoms with van der Waals surface area (Å²) in [6, 6.07) is 0. The van der Waals surface area contributed by atoms with Crippen LogP contribution in [-0.4, -0.2) is 33.8 Å². The van der Waals surface area contributed by atoms with Gasteiger partial charge in [-0.1, -0.05) is 12.1 Å². The van der Waals surface area contributed by atoms with Crippen molar-refractivity contribution in [1.29, 1.82) is 0 Å². The van der Waals surface area contributed by atoms with Gasteiger partial charge in [-0.05, 0) is 18.8 Å². The van der Waals surface area contributed by atoms with E-state index < -0.39 is 0 Å². The van der Waals surface area contributed by atoms with E-state index in [0.717, 1.165) is 30.6 Å². The number of anilines is 1. The third-order valence-corrected chi connectivity index (χ3v) is 4.02. The predicted octanol–water partition coefficient (Wildman–Crippen LogP) is 1.14. The quantitative estimate of drug-likeness (QED) is 0.884. The highest BCUT2D eigenvalue weighted by atomic mass is 16.5. The third kappa shape index (κ3) is 2.84. The molecule has 0 spiro atoms. The molecular weight excluding hydrogens is 298 g/mol. The highest BCUT2D eigenvalue weighted by Gasteiger charge is 2.28. The maximum atomic E-state index is 12.5. The standard InChI is InChI=1S/C15H19N5O3/c1-8-4-5-11-9(6-8)12(19-23-11)15(22)17-10-7-20(3)18-13(10)14(21)16-2/h7-8H,4-6H2,1-3H3,(H,16,21)(H,17,22)/t8-/m0/s1. The van der Waals surface area contributed by atoms with Crippen LogP contribution < -0.4 is 10.6 Å². The molecule has 1 atom stereocenters. The van der Waals surface area contributed by atoms with E-state index in [4.69, 9.17) is 4.52 Å². The van der Waals surface area contributed by atoms with E-state index in [1.807, 2.05) is 0 Å². The molecule has 2 amide bonds. The topological polar surface area (TPSA) is 102 Å². The van der Waals surface area contributed by atoms with Crippen LogP contribution >= 0.6 is 0 Å². The highest BCUT2D eigenvalue weighted by Crippen LogP contribution is 2.28. The summed E-state index contributed by atoms with van der Waals surface area (Å²) in [6.07, 6.45) is 4.19. The molecule has 0 saturated heterocycles. The van der Waals surface area contributed by atoms with Crippen molar-refractivity contribution in [2.24, 2.45) is 13.0 Å². The van der Waals surface area contributed by atoms with Gasteiger partial charge in [0.2, 0.25) is 0 Å². The minimum Gasteiger partial charge on any atom is -0.360 e. The van der Waals surface area contributed by atoms with Crippen LogP contribution in [0.2, 0.25) is 0 Å². The largest absolute Gasteiger partial charge is 0.360 e. The molecule has 0 fully saturated rings. The van der Waals surface area contributed by atoms with Crippen LogP contribution in [0, 0.1) is 5.92 Å². The van der Waals surface area contributed by atoms with Crippen molar-refractivity contribution in [2.45, 2.75) is 26.2 Å². The lowest BCUT2D eigenvalue weighted by Crippen LogP contribution is -2.22. The molecule has 1 aliphatic rings. The van der Waals surface area contributed by atoms with Crippen molar-refractivity contribution in [1.82, 2.24) is 20.3 Å². The molecule has 2 aromatic rings. The van der Waals surface area contributed by atoms with Crippen molar-refractivity contribution in [3.63, 3.8) is 0 Å². The van der Waals surface area contributed by atoms with Crippen LogP contribution in [-0.2, 0) is 19.9 Å². The Morgan fingerprint density at radius 1 is 1.35 bits per heavy atom. The van der Waals surface area contributed by atoms with E-state index in [1.165, 1.54) is 11.7 Å². The number of aryl methyl sites for hydroxylation is 2. The molecular formula is C15H19N5O3. The van der Waals surface area contributed by atoms with Gasteiger partial charge in [-0.2, -0.15) is 5.10 Å². The van der Waals surface area contributed by atoms with Crippen LogP contribution in [0.15, 0.2) is 10.7 Å². The minimum atomic E-state index is -0.387. The molecule has 0 unspecified atom stereocenters. The van der Waals surface area contributed by atoms with E-state index in [0.29, 0.717) is 17.3 Å². The van der Waals surface area contributed by atoms with Gasteiger partial charge in [0.15, 0.2) is 11.4 Å². The van der Waals surface area contributed by atoms with Gasteiger partial charge in [0.05, 0.1) is 5.69 Å². The molecule has 8 nitrogen and oxygen atoms in total. The summed E-state index contributed by atoms with van der Waals surface area (Å²) in [5, 5.41) is 13.2. The van der Waals surface area contributed by atoms with Crippen LogP contribution in [0.3, 0.4) is 0 Å². The summed E-state index contributed by atoms with van der Waals surface area (Å²) in [5.74, 6) is 0.526. The Morgan fingerprint density at radius 3 is 2.87 bits per heavy atom.